The molecule has 2 atom stereocenters. The van der Waals surface area contributed by atoms with Crippen LogP contribution in [0.2, 0.25) is 0 Å². The number of hydrogen-bond donors (Lipinski definition) is 1. The van der Waals surface area contributed by atoms with E-state index in [0.29, 0.717) is 0 Å². The van der Waals surface area contributed by atoms with Gasteiger partial charge < -0.3 is 15.2 Å². The summed E-state index contributed by atoms with van der Waals surface area (Å²) < 4.78 is 11.7. The van der Waals surface area contributed by atoms with Crippen LogP contribution in [0.25, 0.3) is 0 Å². The maximum Gasteiger partial charge on any atom is 0.104 e. The first kappa shape index (κ1) is 8.48. The number of ether oxygens (including phenoxy) is 2. The molecule has 2 N–H and O–H groups in total. The van der Waals surface area contributed by atoms with Crippen LogP contribution in [0.5, 0.6) is 0 Å². The molecule has 12 heavy (non-hydrogen) atoms. The topological polar surface area (TPSA) is 44.5 Å². The van der Waals surface area contributed by atoms with E-state index >= 15 is 0 Å². The van der Waals surface area contributed by atoms with E-state index in [1.54, 1.807) is 0 Å². The van der Waals surface area contributed by atoms with Gasteiger partial charge in [-0.2, -0.15) is 0 Å². The quantitative estimate of drug-likeness (QED) is 0.582. The van der Waals surface area contributed by atoms with Crippen LogP contribution in [-0.2, 0) is 9.47 Å². The molecule has 0 spiro atoms. The lowest BCUT2D eigenvalue weighted by Crippen LogP contribution is -2.53. The molecule has 1 saturated heterocycles. The van der Waals surface area contributed by atoms with Crippen molar-refractivity contribution in [1.82, 2.24) is 0 Å². The Morgan fingerprint density at radius 2 is 1.25 bits per heavy atom. The molecule has 70 valence electrons. The van der Waals surface area contributed by atoms with Gasteiger partial charge in [-0.05, 0) is 27.7 Å². The van der Waals surface area contributed by atoms with Crippen molar-refractivity contribution < 1.29 is 9.47 Å². The Bertz CT molecular complexity index is 191. The second-order valence-electron chi connectivity index (χ2n) is 4.76. The number of hydrogen-bond acceptors (Lipinski definition) is 3. The van der Waals surface area contributed by atoms with Gasteiger partial charge in [0.15, 0.2) is 0 Å². The van der Waals surface area contributed by atoms with Gasteiger partial charge in [0.1, 0.15) is 12.2 Å². The summed E-state index contributed by atoms with van der Waals surface area (Å²) in [6, 6.07) is 0.0889. The zero-order valence-corrected chi connectivity index (χ0v) is 8.13. The molecule has 0 aromatic heterocycles. The smallest absolute Gasteiger partial charge is 0.104 e. The predicted molar refractivity (Wildman–Crippen MR) is 45.9 cm³/mol. The average molecular weight is 171 g/mol. The third-order valence-corrected chi connectivity index (χ3v) is 3.25. The minimum Gasteiger partial charge on any atom is -0.365 e. The highest BCUT2D eigenvalue weighted by molar-refractivity contribution is 5.13. The van der Waals surface area contributed by atoms with Gasteiger partial charge in [0.05, 0.1) is 17.2 Å². The summed E-state index contributed by atoms with van der Waals surface area (Å²) in [6.45, 7) is 8.20. The molecule has 0 amide bonds. The van der Waals surface area contributed by atoms with Gasteiger partial charge in [-0.1, -0.05) is 0 Å². The Hall–Kier alpha value is -0.120. The molecule has 0 aromatic rings. The monoisotopic (exact) mass is 171 g/mol. The maximum absolute atomic E-state index is 5.83. The molecule has 1 heterocycles. The van der Waals surface area contributed by atoms with Crippen molar-refractivity contribution in [3.63, 3.8) is 0 Å². The molecule has 0 bridgehead atoms. The van der Waals surface area contributed by atoms with Gasteiger partial charge >= 0.3 is 0 Å². The van der Waals surface area contributed by atoms with Gasteiger partial charge in [-0.25, -0.2) is 0 Å². The van der Waals surface area contributed by atoms with E-state index in [1.165, 1.54) is 0 Å². The molecule has 2 aliphatic rings. The van der Waals surface area contributed by atoms with Crippen molar-refractivity contribution in [2.45, 2.75) is 57.1 Å². The highest BCUT2D eigenvalue weighted by Gasteiger charge is 2.62. The zero-order chi connectivity index (χ0) is 9.15. The zero-order valence-electron chi connectivity index (χ0n) is 8.13. The summed E-state index contributed by atoms with van der Waals surface area (Å²) in [5, 5.41) is 0. The van der Waals surface area contributed by atoms with Crippen LogP contribution in [0.4, 0.5) is 0 Å². The first-order valence-electron chi connectivity index (χ1n) is 4.46. The first-order chi connectivity index (χ1) is 5.35. The average Bonchev–Trinajstić information content (AvgIpc) is 2.42. The highest BCUT2D eigenvalue weighted by atomic mass is 16.6. The molecule has 0 aromatic carbocycles. The normalized spacial score (nSPS) is 48.2. The van der Waals surface area contributed by atoms with E-state index in [2.05, 4.69) is 0 Å². The molecule has 1 aliphatic heterocycles. The summed E-state index contributed by atoms with van der Waals surface area (Å²) in [5.74, 6) is 0. The molecule has 2 unspecified atom stereocenters. The van der Waals surface area contributed by atoms with Gasteiger partial charge in [0.2, 0.25) is 0 Å². The van der Waals surface area contributed by atoms with Gasteiger partial charge in [0, 0.05) is 0 Å². The van der Waals surface area contributed by atoms with Crippen LogP contribution in [0, 0.1) is 0 Å². The van der Waals surface area contributed by atoms with Crippen LogP contribution >= 0.6 is 0 Å². The Morgan fingerprint density at radius 3 is 1.58 bits per heavy atom. The Morgan fingerprint density at radius 1 is 0.917 bits per heavy atom. The van der Waals surface area contributed by atoms with Crippen molar-refractivity contribution in [2.75, 3.05) is 0 Å². The molecular weight excluding hydrogens is 154 g/mol. The van der Waals surface area contributed by atoms with E-state index < -0.39 is 0 Å². The number of nitrogens with two attached hydrogens (primary N) is 1. The third kappa shape index (κ3) is 0.934. The lowest BCUT2D eigenvalue weighted by atomic mass is 9.88. The molecule has 1 saturated carbocycles. The van der Waals surface area contributed by atoms with Gasteiger partial charge in [-0.15, -0.1) is 0 Å². The first-order valence-corrected chi connectivity index (χ1v) is 4.46. The van der Waals surface area contributed by atoms with E-state index in [4.69, 9.17) is 15.2 Å². The summed E-state index contributed by atoms with van der Waals surface area (Å²) in [5.41, 5.74) is 5.30. The van der Waals surface area contributed by atoms with Crippen LogP contribution in [0.3, 0.4) is 0 Å². The molecule has 2 fully saturated rings. The number of rotatable bonds is 0. The second-order valence-corrected chi connectivity index (χ2v) is 4.76. The molecule has 1 aliphatic carbocycles. The molecule has 0 radical (unpaired) electrons. The van der Waals surface area contributed by atoms with Crippen molar-refractivity contribution in [3.8, 4) is 0 Å². The van der Waals surface area contributed by atoms with Crippen molar-refractivity contribution in [1.29, 1.82) is 0 Å². The fourth-order valence-corrected chi connectivity index (χ4v) is 1.53. The standard InChI is InChI=1S/C9H17NO2/c1-8(2)9(3,4)12-7-5(10)6(7)11-8/h5-7H,10H2,1-4H3. The lowest BCUT2D eigenvalue weighted by molar-refractivity contribution is -0.233. The summed E-state index contributed by atoms with van der Waals surface area (Å²) in [7, 11) is 0. The molecule has 2 rings (SSSR count). The maximum atomic E-state index is 5.83. The Labute approximate surface area is 73.2 Å². The second kappa shape index (κ2) is 2.03. The minimum atomic E-state index is -0.234. The minimum absolute atomic E-state index is 0.0889. The Balaban J connectivity index is 2.19. The highest BCUT2D eigenvalue weighted by Crippen LogP contribution is 2.45. The molecule has 3 heteroatoms. The fourth-order valence-electron chi connectivity index (χ4n) is 1.53. The summed E-state index contributed by atoms with van der Waals surface area (Å²) >= 11 is 0. The van der Waals surface area contributed by atoms with Crippen molar-refractivity contribution in [3.05, 3.63) is 0 Å². The Kier molecular flexibility index (Phi) is 1.43. The summed E-state index contributed by atoms with van der Waals surface area (Å²) in [6.07, 6.45) is 0.265. The molecular formula is C9H17NO2. The van der Waals surface area contributed by atoms with E-state index in [1.807, 2.05) is 27.7 Å². The van der Waals surface area contributed by atoms with E-state index in [0.717, 1.165) is 0 Å². The lowest BCUT2D eigenvalue weighted by Gasteiger charge is -2.44. The van der Waals surface area contributed by atoms with Crippen LogP contribution in [0.15, 0.2) is 0 Å². The fraction of sp³-hybridized carbons (Fsp3) is 1.00. The van der Waals surface area contributed by atoms with Crippen molar-refractivity contribution >= 4 is 0 Å². The third-order valence-electron chi connectivity index (χ3n) is 3.25. The molecule has 3 nitrogen and oxygen atoms in total. The van der Waals surface area contributed by atoms with Crippen molar-refractivity contribution in [2.24, 2.45) is 5.73 Å². The SMILES string of the molecule is CC1(C)OC2C(N)C2OC1(C)C. The largest absolute Gasteiger partial charge is 0.365 e. The van der Waals surface area contributed by atoms with Crippen LogP contribution in [0.1, 0.15) is 27.7 Å². The predicted octanol–water partition coefficient (Wildman–Crippen LogP) is 0.668. The van der Waals surface area contributed by atoms with Crippen LogP contribution < -0.4 is 5.73 Å². The van der Waals surface area contributed by atoms with Crippen LogP contribution in [-0.4, -0.2) is 29.5 Å². The summed E-state index contributed by atoms with van der Waals surface area (Å²) in [4.78, 5) is 0. The van der Waals surface area contributed by atoms with E-state index in [-0.39, 0.29) is 29.5 Å². The van der Waals surface area contributed by atoms with E-state index in [9.17, 15) is 0 Å². The number of fused-ring (bicyclic) bond motifs is 1. The van der Waals surface area contributed by atoms with Gasteiger partial charge in [0.25, 0.3) is 0 Å². The van der Waals surface area contributed by atoms with Gasteiger partial charge in [-0.3, -0.25) is 0 Å².